The molecule has 1 aromatic heterocycles. The Bertz CT molecular complexity index is 1510. The average Bonchev–Trinajstić information content (AvgIpc) is 3.44. The first-order valence-electron chi connectivity index (χ1n) is 11.7. The number of anilines is 1. The summed E-state index contributed by atoms with van der Waals surface area (Å²) < 4.78 is 19.5. The van der Waals surface area contributed by atoms with Crippen molar-refractivity contribution in [1.29, 1.82) is 0 Å². The molecule has 7 heteroatoms. The van der Waals surface area contributed by atoms with E-state index in [0.717, 1.165) is 21.6 Å². The van der Waals surface area contributed by atoms with Gasteiger partial charge in [0, 0.05) is 16.1 Å². The van der Waals surface area contributed by atoms with Crippen molar-refractivity contribution >= 4 is 34.5 Å². The molecule has 2 heterocycles. The van der Waals surface area contributed by atoms with Crippen LogP contribution in [0.3, 0.4) is 0 Å². The lowest BCUT2D eigenvalue weighted by atomic mass is 9.97. The van der Waals surface area contributed by atoms with Gasteiger partial charge in [0.05, 0.1) is 5.57 Å². The molecule has 1 atom stereocenters. The maximum absolute atomic E-state index is 13.6. The number of ether oxygens (including phenoxy) is 1. The van der Waals surface area contributed by atoms with Gasteiger partial charge in [-0.15, -0.1) is 11.3 Å². The van der Waals surface area contributed by atoms with Gasteiger partial charge in [-0.05, 0) is 84.4 Å². The number of thiophene rings is 1. The number of amides is 1. The van der Waals surface area contributed by atoms with E-state index in [1.807, 2.05) is 55.6 Å². The van der Waals surface area contributed by atoms with Gasteiger partial charge in [-0.1, -0.05) is 30.3 Å². The lowest BCUT2D eigenvalue weighted by Gasteiger charge is -2.25. The third-order valence-corrected chi connectivity index (χ3v) is 7.46. The van der Waals surface area contributed by atoms with Gasteiger partial charge < -0.3 is 9.84 Å². The Morgan fingerprint density at radius 1 is 0.973 bits per heavy atom. The molecular weight excluding hydrogens is 489 g/mol. The number of ketones is 1. The molecule has 3 aromatic carbocycles. The van der Waals surface area contributed by atoms with Crippen molar-refractivity contribution < 1.29 is 23.8 Å². The molecule has 0 radical (unpaired) electrons. The molecule has 1 unspecified atom stereocenters. The number of nitrogens with zero attached hydrogens (tertiary/aromatic N) is 1. The maximum atomic E-state index is 13.6. The van der Waals surface area contributed by atoms with Gasteiger partial charge in [-0.25, -0.2) is 4.39 Å². The Balaban J connectivity index is 1.55. The van der Waals surface area contributed by atoms with Crippen LogP contribution in [0.5, 0.6) is 5.75 Å². The molecule has 1 aliphatic heterocycles. The van der Waals surface area contributed by atoms with Gasteiger partial charge in [0.15, 0.2) is 0 Å². The lowest BCUT2D eigenvalue weighted by molar-refractivity contribution is -0.132. The number of aliphatic hydroxyl groups excluding tert-OH is 1. The van der Waals surface area contributed by atoms with Gasteiger partial charge in [0.25, 0.3) is 11.7 Å². The summed E-state index contributed by atoms with van der Waals surface area (Å²) in [4.78, 5) is 28.6. The lowest BCUT2D eigenvalue weighted by Crippen LogP contribution is -2.29. The van der Waals surface area contributed by atoms with E-state index in [0.29, 0.717) is 23.6 Å². The Hall–Kier alpha value is -4.23. The molecule has 0 bridgehead atoms. The third-order valence-electron chi connectivity index (χ3n) is 6.38. The minimum atomic E-state index is -0.834. The predicted octanol–water partition coefficient (Wildman–Crippen LogP) is 6.71. The van der Waals surface area contributed by atoms with E-state index in [2.05, 4.69) is 0 Å². The second-order valence-corrected chi connectivity index (χ2v) is 9.82. The van der Waals surface area contributed by atoms with Crippen LogP contribution in [-0.2, 0) is 16.2 Å². The van der Waals surface area contributed by atoms with Crippen molar-refractivity contribution in [3.63, 3.8) is 0 Å². The highest BCUT2D eigenvalue weighted by Gasteiger charge is 2.47. The molecule has 37 heavy (non-hydrogen) atoms. The number of halogens is 1. The van der Waals surface area contributed by atoms with Crippen molar-refractivity contribution in [1.82, 2.24) is 0 Å². The molecule has 1 aliphatic rings. The summed E-state index contributed by atoms with van der Waals surface area (Å²) >= 11 is 1.39. The Morgan fingerprint density at radius 3 is 2.35 bits per heavy atom. The molecule has 5 rings (SSSR count). The Labute approximate surface area is 218 Å². The molecule has 0 saturated carbocycles. The van der Waals surface area contributed by atoms with Crippen LogP contribution in [0.1, 0.15) is 33.2 Å². The van der Waals surface area contributed by atoms with E-state index in [4.69, 9.17) is 4.74 Å². The second-order valence-electron chi connectivity index (χ2n) is 8.87. The molecule has 1 N–H and O–H groups in total. The van der Waals surface area contributed by atoms with Crippen LogP contribution in [-0.4, -0.2) is 16.8 Å². The highest BCUT2D eigenvalue weighted by atomic mass is 32.1. The first-order chi connectivity index (χ1) is 17.8. The fourth-order valence-corrected chi connectivity index (χ4v) is 5.49. The van der Waals surface area contributed by atoms with Gasteiger partial charge in [-0.3, -0.25) is 14.5 Å². The summed E-state index contributed by atoms with van der Waals surface area (Å²) in [5.74, 6) is -1.63. The van der Waals surface area contributed by atoms with Crippen LogP contribution < -0.4 is 9.64 Å². The van der Waals surface area contributed by atoms with Crippen LogP contribution in [0.4, 0.5) is 10.1 Å². The molecular formula is C30H24FNO4S. The van der Waals surface area contributed by atoms with Gasteiger partial charge >= 0.3 is 0 Å². The molecule has 1 amide bonds. The van der Waals surface area contributed by atoms with Crippen LogP contribution >= 0.6 is 11.3 Å². The standard InChI is InChI=1S/C30H24FNO4S/c1-18-14-15-37-29(18)26-25(28(34)30(35)32(26)23-11-9-22(31)10-12-23)27(33)21-8-13-24(19(2)16-21)36-17-20-6-4-3-5-7-20/h3-16,26,33H,17H2,1-2H3/b27-25-. The first-order valence-corrected chi connectivity index (χ1v) is 12.6. The number of carbonyl (C=O) groups excluding carboxylic acids is 2. The number of aryl methyl sites for hydroxylation is 2. The fourth-order valence-electron chi connectivity index (χ4n) is 4.46. The van der Waals surface area contributed by atoms with Crippen LogP contribution in [0.2, 0.25) is 0 Å². The largest absolute Gasteiger partial charge is 0.507 e. The zero-order valence-corrected chi connectivity index (χ0v) is 21.1. The second kappa shape index (κ2) is 10.0. The number of benzene rings is 3. The van der Waals surface area contributed by atoms with Crippen molar-refractivity contribution in [2.75, 3.05) is 4.90 Å². The summed E-state index contributed by atoms with van der Waals surface area (Å²) in [6, 6.07) is 21.4. The highest BCUT2D eigenvalue weighted by Crippen LogP contribution is 2.45. The van der Waals surface area contributed by atoms with Gasteiger partial charge in [0.2, 0.25) is 0 Å². The van der Waals surface area contributed by atoms with Crippen molar-refractivity contribution in [3.8, 4) is 5.75 Å². The van der Waals surface area contributed by atoms with Gasteiger partial charge in [0.1, 0.15) is 30.0 Å². The van der Waals surface area contributed by atoms with E-state index >= 15 is 0 Å². The summed E-state index contributed by atoms with van der Waals surface area (Å²) in [6.07, 6.45) is 0. The smallest absolute Gasteiger partial charge is 0.300 e. The van der Waals surface area contributed by atoms with Crippen molar-refractivity contribution in [2.24, 2.45) is 0 Å². The van der Waals surface area contributed by atoms with Gasteiger partial charge in [-0.2, -0.15) is 0 Å². The van der Waals surface area contributed by atoms with E-state index in [1.165, 1.54) is 40.5 Å². The molecule has 0 aliphatic carbocycles. The molecule has 1 fully saturated rings. The van der Waals surface area contributed by atoms with Crippen molar-refractivity contribution in [3.05, 3.63) is 123 Å². The predicted molar refractivity (Wildman–Crippen MR) is 142 cm³/mol. The number of aliphatic hydroxyl groups is 1. The molecule has 4 aromatic rings. The number of Topliss-reactive ketones (excluding diaryl/α,β-unsaturated/α-hetero) is 1. The van der Waals surface area contributed by atoms with Crippen LogP contribution in [0, 0.1) is 19.7 Å². The average molecular weight is 514 g/mol. The SMILES string of the molecule is Cc1cc(/C(O)=C2/C(=O)C(=O)N(c3ccc(F)cc3)C2c2sccc2C)ccc1OCc1ccccc1. The zero-order valence-electron chi connectivity index (χ0n) is 20.3. The van der Waals surface area contributed by atoms with E-state index in [-0.39, 0.29) is 11.3 Å². The molecule has 5 nitrogen and oxygen atoms in total. The topological polar surface area (TPSA) is 66.8 Å². The molecule has 1 saturated heterocycles. The Kier molecular flexibility index (Phi) is 6.63. The minimum absolute atomic E-state index is 0.00257. The van der Waals surface area contributed by atoms with E-state index < -0.39 is 23.5 Å². The van der Waals surface area contributed by atoms with Crippen LogP contribution in [0.15, 0.2) is 89.8 Å². The van der Waals surface area contributed by atoms with E-state index in [9.17, 15) is 19.1 Å². The number of hydrogen-bond donors (Lipinski definition) is 1. The maximum Gasteiger partial charge on any atom is 0.300 e. The number of carbonyl (C=O) groups is 2. The summed E-state index contributed by atoms with van der Waals surface area (Å²) in [6.45, 7) is 4.14. The van der Waals surface area contributed by atoms with Crippen molar-refractivity contribution in [2.45, 2.75) is 26.5 Å². The monoisotopic (exact) mass is 513 g/mol. The quantitative estimate of drug-likeness (QED) is 0.177. The summed E-state index contributed by atoms with van der Waals surface area (Å²) in [5.41, 5.74) is 3.47. The number of hydrogen-bond acceptors (Lipinski definition) is 5. The third kappa shape index (κ3) is 4.66. The molecule has 0 spiro atoms. The molecule has 186 valence electrons. The summed E-state index contributed by atoms with van der Waals surface area (Å²) in [7, 11) is 0. The number of rotatable bonds is 6. The summed E-state index contributed by atoms with van der Waals surface area (Å²) in [5, 5.41) is 13.3. The van der Waals surface area contributed by atoms with E-state index in [1.54, 1.807) is 18.2 Å². The first kappa shape index (κ1) is 24.5. The highest BCUT2D eigenvalue weighted by molar-refractivity contribution is 7.10. The van der Waals surface area contributed by atoms with Crippen LogP contribution in [0.25, 0.3) is 5.76 Å². The normalized spacial score (nSPS) is 16.8. The fraction of sp³-hybridized carbons (Fsp3) is 0.133. The zero-order chi connectivity index (χ0) is 26.1. The minimum Gasteiger partial charge on any atom is -0.507 e. The Morgan fingerprint density at radius 2 is 1.70 bits per heavy atom.